The van der Waals surface area contributed by atoms with Crippen molar-refractivity contribution in [3.8, 4) is 5.75 Å². The van der Waals surface area contributed by atoms with Crippen LogP contribution in [0.4, 0.5) is 0 Å². The highest BCUT2D eigenvalue weighted by Crippen LogP contribution is 2.54. The molecular formula is C27H40O3. The van der Waals surface area contributed by atoms with Crippen molar-refractivity contribution in [3.05, 3.63) is 52.6 Å². The van der Waals surface area contributed by atoms with Crippen molar-refractivity contribution in [3.63, 3.8) is 0 Å². The minimum atomic E-state index is -0.279. The second kappa shape index (κ2) is 9.41. The van der Waals surface area contributed by atoms with Crippen LogP contribution in [0.5, 0.6) is 5.75 Å². The first-order chi connectivity index (χ1) is 13.9. The fourth-order valence-corrected chi connectivity index (χ4v) is 3.70. The zero-order valence-electron chi connectivity index (χ0n) is 20.4. The largest absolute Gasteiger partial charge is 0.493 e. The van der Waals surface area contributed by atoms with Gasteiger partial charge in [0.2, 0.25) is 0 Å². The van der Waals surface area contributed by atoms with E-state index < -0.39 is 0 Å². The van der Waals surface area contributed by atoms with E-state index in [2.05, 4.69) is 66.7 Å². The van der Waals surface area contributed by atoms with Crippen molar-refractivity contribution < 1.29 is 14.3 Å². The fraction of sp³-hybridized carbons (Fsp3) is 0.593. The zero-order valence-corrected chi connectivity index (χ0v) is 20.4. The smallest absolute Gasteiger partial charge is 0.330 e. The van der Waals surface area contributed by atoms with Crippen LogP contribution in [0.15, 0.2) is 35.9 Å². The molecule has 30 heavy (non-hydrogen) atoms. The Labute approximate surface area is 183 Å². The molecule has 1 aliphatic carbocycles. The van der Waals surface area contributed by atoms with E-state index in [1.807, 2.05) is 19.9 Å². The molecule has 2 unspecified atom stereocenters. The summed E-state index contributed by atoms with van der Waals surface area (Å²) >= 11 is 0. The molecule has 0 N–H and O–H groups in total. The third-order valence-corrected chi connectivity index (χ3v) is 5.56. The molecule has 3 heteroatoms. The first kappa shape index (κ1) is 24.2. The number of allylic oxidation sites excluding steroid dienone is 3. The number of carbonyl (C=O) groups is 1. The maximum atomic E-state index is 11.6. The molecule has 1 aliphatic rings. The minimum absolute atomic E-state index is 0.0136. The maximum Gasteiger partial charge on any atom is 0.330 e. The van der Waals surface area contributed by atoms with E-state index in [1.54, 1.807) is 6.08 Å². The summed E-state index contributed by atoms with van der Waals surface area (Å²) in [4.78, 5) is 11.6. The summed E-state index contributed by atoms with van der Waals surface area (Å²) in [5.74, 6) is 1.72. The Balaban J connectivity index is 2.37. The minimum Gasteiger partial charge on any atom is -0.493 e. The van der Waals surface area contributed by atoms with E-state index in [9.17, 15) is 4.79 Å². The summed E-state index contributed by atoms with van der Waals surface area (Å²) in [6, 6.07) is 4.70. The number of carbonyl (C=O) groups excluding carboxylic acids is 1. The van der Waals surface area contributed by atoms with Crippen LogP contribution >= 0.6 is 0 Å². The lowest BCUT2D eigenvalue weighted by Gasteiger charge is -2.29. The van der Waals surface area contributed by atoms with E-state index in [1.165, 1.54) is 16.7 Å². The summed E-state index contributed by atoms with van der Waals surface area (Å²) in [7, 11) is 0. The molecule has 1 fully saturated rings. The monoisotopic (exact) mass is 412 g/mol. The molecule has 0 aliphatic heterocycles. The third-order valence-electron chi connectivity index (χ3n) is 5.56. The van der Waals surface area contributed by atoms with Gasteiger partial charge in [-0.2, -0.15) is 0 Å². The highest BCUT2D eigenvalue weighted by Gasteiger charge is 2.40. The van der Waals surface area contributed by atoms with Crippen LogP contribution in [0.3, 0.4) is 0 Å². The quantitative estimate of drug-likeness (QED) is 0.279. The molecule has 0 heterocycles. The molecule has 0 amide bonds. The molecular weight excluding hydrogens is 372 g/mol. The zero-order chi connectivity index (χ0) is 22.7. The summed E-state index contributed by atoms with van der Waals surface area (Å²) < 4.78 is 11.2. The molecule has 1 saturated carbocycles. The van der Waals surface area contributed by atoms with Crippen LogP contribution < -0.4 is 4.74 Å². The number of hydrogen-bond donors (Lipinski definition) is 0. The molecule has 0 radical (unpaired) electrons. The van der Waals surface area contributed by atoms with Crippen molar-refractivity contribution in [2.24, 2.45) is 5.92 Å². The second-order valence-electron chi connectivity index (χ2n) is 10.4. The highest BCUT2D eigenvalue weighted by atomic mass is 16.5. The average Bonchev–Trinajstić information content (AvgIpc) is 3.38. The molecule has 0 saturated heterocycles. The van der Waals surface area contributed by atoms with Crippen molar-refractivity contribution in [2.75, 3.05) is 13.2 Å². The summed E-state index contributed by atoms with van der Waals surface area (Å²) in [5, 5.41) is 0. The summed E-state index contributed by atoms with van der Waals surface area (Å²) in [6.45, 7) is 20.5. The fourth-order valence-electron chi connectivity index (χ4n) is 3.70. The van der Waals surface area contributed by atoms with Crippen molar-refractivity contribution in [1.29, 1.82) is 0 Å². The second-order valence-corrected chi connectivity index (χ2v) is 10.4. The Bertz CT molecular complexity index is 816. The standard InChI is InChI=1S/C27H40O3/c1-10-29-24(28)14-18(3)12-13-19-15-21(19)22-16-20(26(4,5)6)17-23(27(7,8)9)25(22)30-11-2/h12-14,16-17,19,21H,10-11,15H2,1-9H3/b13-12+,18-14+. The molecule has 0 spiro atoms. The van der Waals surface area contributed by atoms with E-state index in [4.69, 9.17) is 9.47 Å². The van der Waals surface area contributed by atoms with Gasteiger partial charge in [-0.25, -0.2) is 4.79 Å². The number of rotatable bonds is 7. The maximum absolute atomic E-state index is 11.6. The van der Waals surface area contributed by atoms with Gasteiger partial charge in [0, 0.05) is 11.6 Å². The predicted octanol–water partition coefficient (Wildman–Crippen LogP) is 6.85. The summed E-state index contributed by atoms with van der Waals surface area (Å²) in [5.41, 5.74) is 5.00. The molecule has 0 bridgehead atoms. The molecule has 2 atom stereocenters. The molecule has 2 rings (SSSR count). The number of ether oxygens (including phenoxy) is 2. The van der Waals surface area contributed by atoms with Gasteiger partial charge in [0.1, 0.15) is 5.75 Å². The normalized spacial score (nSPS) is 19.8. The van der Waals surface area contributed by atoms with Gasteiger partial charge in [0.05, 0.1) is 13.2 Å². The van der Waals surface area contributed by atoms with Crippen LogP contribution in [0.25, 0.3) is 0 Å². The Kier molecular flexibility index (Phi) is 7.60. The van der Waals surface area contributed by atoms with Gasteiger partial charge in [-0.3, -0.25) is 0 Å². The van der Waals surface area contributed by atoms with E-state index >= 15 is 0 Å². The lowest BCUT2D eigenvalue weighted by Crippen LogP contribution is -2.19. The lowest BCUT2D eigenvalue weighted by molar-refractivity contribution is -0.137. The lowest BCUT2D eigenvalue weighted by atomic mass is 9.78. The predicted molar refractivity (Wildman–Crippen MR) is 125 cm³/mol. The van der Waals surface area contributed by atoms with Gasteiger partial charge in [0.15, 0.2) is 0 Å². The Morgan fingerprint density at radius 1 is 1.07 bits per heavy atom. The third kappa shape index (κ3) is 6.23. The van der Waals surface area contributed by atoms with Crippen molar-refractivity contribution >= 4 is 5.97 Å². The number of esters is 1. The van der Waals surface area contributed by atoms with Gasteiger partial charge in [-0.15, -0.1) is 0 Å². The van der Waals surface area contributed by atoms with Crippen LogP contribution in [0.2, 0.25) is 0 Å². The van der Waals surface area contributed by atoms with E-state index in [-0.39, 0.29) is 16.8 Å². The SMILES string of the molecule is CCOC(=O)/C=C(C)/C=C/C1CC1c1cc(C(C)(C)C)cc(C(C)(C)C)c1OCC. The summed E-state index contributed by atoms with van der Waals surface area (Å²) in [6.07, 6.45) is 6.94. The van der Waals surface area contributed by atoms with E-state index in [0.717, 1.165) is 17.7 Å². The van der Waals surface area contributed by atoms with Crippen LogP contribution in [0, 0.1) is 5.92 Å². The number of benzene rings is 1. The van der Waals surface area contributed by atoms with Crippen molar-refractivity contribution in [1.82, 2.24) is 0 Å². The molecule has 0 aromatic heterocycles. The number of hydrogen-bond acceptors (Lipinski definition) is 3. The first-order valence-electron chi connectivity index (χ1n) is 11.2. The van der Waals surface area contributed by atoms with Gasteiger partial charge in [-0.1, -0.05) is 65.8 Å². The molecule has 3 nitrogen and oxygen atoms in total. The first-order valence-corrected chi connectivity index (χ1v) is 11.2. The van der Waals surface area contributed by atoms with E-state index in [0.29, 0.717) is 25.0 Å². The van der Waals surface area contributed by atoms with Gasteiger partial charge in [-0.05, 0) is 66.6 Å². The van der Waals surface area contributed by atoms with Crippen molar-refractivity contribution in [2.45, 2.75) is 85.5 Å². The molecule has 1 aromatic rings. The Morgan fingerprint density at radius 3 is 2.27 bits per heavy atom. The van der Waals surface area contributed by atoms with Gasteiger partial charge >= 0.3 is 5.97 Å². The Hall–Kier alpha value is -2.03. The van der Waals surface area contributed by atoms with Crippen LogP contribution in [-0.4, -0.2) is 19.2 Å². The van der Waals surface area contributed by atoms with Crippen LogP contribution in [-0.2, 0) is 20.4 Å². The Morgan fingerprint density at radius 2 is 1.73 bits per heavy atom. The topological polar surface area (TPSA) is 35.5 Å². The molecule has 166 valence electrons. The molecule has 1 aromatic carbocycles. The van der Waals surface area contributed by atoms with Gasteiger partial charge < -0.3 is 9.47 Å². The average molecular weight is 413 g/mol. The van der Waals surface area contributed by atoms with Crippen LogP contribution in [0.1, 0.15) is 91.3 Å². The highest BCUT2D eigenvalue weighted by molar-refractivity contribution is 5.83. The van der Waals surface area contributed by atoms with Gasteiger partial charge in [0.25, 0.3) is 0 Å².